The number of benzene rings is 1. The van der Waals surface area contributed by atoms with Gasteiger partial charge >= 0.3 is 6.09 Å². The Balaban J connectivity index is 0.00000309. The van der Waals surface area contributed by atoms with Gasteiger partial charge in [-0.1, -0.05) is 73.4 Å². The average Bonchev–Trinajstić information content (AvgIpc) is 3.77. The van der Waals surface area contributed by atoms with E-state index in [0.29, 0.717) is 50.6 Å². The number of carbonyl (C=O) groups excluding carboxylic acids is 5. The lowest BCUT2D eigenvalue weighted by molar-refractivity contribution is -0.135. The number of aromatic hydroxyl groups is 1. The molecule has 0 fully saturated rings. The quantitative estimate of drug-likeness (QED) is 0.0320. The first kappa shape index (κ1) is 58.6. The highest BCUT2D eigenvalue weighted by Crippen LogP contribution is 2.31. The topological polar surface area (TPSA) is 241 Å². The Morgan fingerprint density at radius 1 is 0.905 bits per heavy atom. The second-order valence-corrected chi connectivity index (χ2v) is 16.2. The van der Waals surface area contributed by atoms with Crippen LogP contribution in [0.3, 0.4) is 0 Å². The van der Waals surface area contributed by atoms with E-state index in [1.807, 2.05) is 11.8 Å². The Morgan fingerprint density at radius 2 is 1.59 bits per heavy atom. The van der Waals surface area contributed by atoms with E-state index in [1.165, 1.54) is 37.3 Å². The number of phenols is 1. The summed E-state index contributed by atoms with van der Waals surface area (Å²) < 4.78 is 16.4. The van der Waals surface area contributed by atoms with Crippen LogP contribution < -0.4 is 27.6 Å². The van der Waals surface area contributed by atoms with E-state index in [2.05, 4.69) is 75.4 Å². The molecule has 0 bridgehead atoms. The lowest BCUT2D eigenvalue weighted by Gasteiger charge is -2.36. The molecule has 5 amide bonds. The third-order valence-corrected chi connectivity index (χ3v) is 10.6. The van der Waals surface area contributed by atoms with E-state index in [-0.39, 0.29) is 61.8 Å². The van der Waals surface area contributed by atoms with Crippen molar-refractivity contribution >= 4 is 41.6 Å². The number of primary amides is 1. The van der Waals surface area contributed by atoms with Gasteiger partial charge in [-0.25, -0.2) is 15.2 Å². The molecule has 17 nitrogen and oxygen atoms in total. The lowest BCUT2D eigenvalue weighted by Crippen LogP contribution is -2.44. The number of nitrogens with zero attached hydrogens (tertiary/aromatic N) is 3. The third kappa shape index (κ3) is 27.4. The lowest BCUT2D eigenvalue weighted by atomic mass is 9.95. The van der Waals surface area contributed by atoms with Gasteiger partial charge in [-0.2, -0.15) is 0 Å². The third-order valence-electron chi connectivity index (χ3n) is 9.64. The molecule has 0 saturated carbocycles. The Hall–Kier alpha value is -4.36. The van der Waals surface area contributed by atoms with Crippen molar-refractivity contribution in [1.29, 1.82) is 0 Å². The minimum atomic E-state index is -0.833. The van der Waals surface area contributed by atoms with Gasteiger partial charge in [0, 0.05) is 56.4 Å². The van der Waals surface area contributed by atoms with Crippen molar-refractivity contribution in [2.45, 2.75) is 137 Å². The minimum Gasteiger partial charge on any atom is -0.508 e. The summed E-state index contributed by atoms with van der Waals surface area (Å²) in [6.07, 6.45) is 6.82. The Bertz CT molecular complexity index is 1520. The van der Waals surface area contributed by atoms with Crippen LogP contribution in [0.1, 0.15) is 140 Å². The molecule has 0 radical (unpaired) electrons. The molecule has 63 heavy (non-hydrogen) atoms. The minimum absolute atomic E-state index is 0.000574. The van der Waals surface area contributed by atoms with Crippen LogP contribution >= 0.6 is 11.3 Å². The molecule has 1 aromatic carbocycles. The van der Waals surface area contributed by atoms with Gasteiger partial charge in [-0.3, -0.25) is 24.6 Å². The van der Waals surface area contributed by atoms with E-state index in [4.69, 9.17) is 29.7 Å². The van der Waals surface area contributed by atoms with E-state index >= 15 is 0 Å². The number of rotatable bonds is 29. The molecule has 3 unspecified atom stereocenters. The van der Waals surface area contributed by atoms with E-state index in [1.54, 1.807) is 29.6 Å². The molecule has 360 valence electrons. The van der Waals surface area contributed by atoms with E-state index in [0.717, 1.165) is 31.2 Å². The number of nitrogens with one attached hydrogen (secondary N) is 3. The second kappa shape index (κ2) is 37.1. The molecule has 18 heteroatoms. The van der Waals surface area contributed by atoms with E-state index < -0.39 is 30.1 Å². The van der Waals surface area contributed by atoms with Crippen LogP contribution in [0.25, 0.3) is 0 Å². The molecule has 1 aromatic heterocycles. The number of carbonyl (C=O) groups is 5. The standard InChI is InChI=1S/C37H60N6O8S.C7H17N.CH3NO/c1-6-9-10-34(46)43(18-7-2)31(26(4)5)24-32(50-19-8-3)36-40-30(25-52-36)35(47)39-28(23-27-11-14-29(44)15-12-27)13-16-33(45)41-42-37(48)51-22-21-49-20-17-38;1-4-6-7-8(3)5-2;2-1-3/h11-12,14-15,25-26,28,31-32,44H,6-10,13,16-24,38H2,1-5H3,(H,39,47)(H,41,45)(H,42,48);4-7H2,1-3H3;1H,(H2,2,3). The maximum absolute atomic E-state index is 13.6. The number of hydrazine groups is 1. The van der Waals surface area contributed by atoms with Gasteiger partial charge in [-0.15, -0.1) is 11.3 Å². The normalized spacial score (nSPS) is 12.2. The Kier molecular flexibility index (Phi) is 34.5. The number of aromatic nitrogens is 1. The number of nitrogens with two attached hydrogens (primary N) is 2. The van der Waals surface area contributed by atoms with Crippen molar-refractivity contribution in [2.75, 3.05) is 59.7 Å². The van der Waals surface area contributed by atoms with E-state index in [9.17, 15) is 24.3 Å². The highest BCUT2D eigenvalue weighted by Gasteiger charge is 2.31. The molecule has 0 aliphatic carbocycles. The number of ether oxygens (including phenoxy) is 3. The summed E-state index contributed by atoms with van der Waals surface area (Å²) in [5, 5.41) is 15.1. The number of phenolic OH excluding ortho intramolecular Hbond substituents is 1. The predicted molar refractivity (Wildman–Crippen MR) is 249 cm³/mol. The van der Waals surface area contributed by atoms with Gasteiger partial charge in [0.25, 0.3) is 5.91 Å². The van der Waals surface area contributed by atoms with Gasteiger partial charge in [0.2, 0.25) is 18.2 Å². The first-order chi connectivity index (χ1) is 30.2. The number of amides is 5. The first-order valence-electron chi connectivity index (χ1n) is 22.5. The Morgan fingerprint density at radius 3 is 2.17 bits per heavy atom. The summed E-state index contributed by atoms with van der Waals surface area (Å²) in [4.78, 5) is 69.0. The van der Waals surface area contributed by atoms with Crippen LogP contribution in [0, 0.1) is 5.92 Å². The highest BCUT2D eigenvalue weighted by molar-refractivity contribution is 7.09. The second-order valence-electron chi connectivity index (χ2n) is 15.3. The van der Waals surface area contributed by atoms with Crippen LogP contribution in [0.4, 0.5) is 4.79 Å². The van der Waals surface area contributed by atoms with Crippen LogP contribution in [-0.4, -0.2) is 122 Å². The molecule has 1 heterocycles. The summed E-state index contributed by atoms with van der Waals surface area (Å²) in [5.41, 5.74) is 15.1. The largest absolute Gasteiger partial charge is 0.508 e. The zero-order valence-electron chi connectivity index (χ0n) is 39.3. The number of hydrogen-bond donors (Lipinski definition) is 6. The smallest absolute Gasteiger partial charge is 0.426 e. The van der Waals surface area contributed by atoms with Gasteiger partial charge < -0.3 is 45.9 Å². The van der Waals surface area contributed by atoms with Crippen LogP contribution in [0.5, 0.6) is 5.75 Å². The number of thiazole rings is 1. The van der Waals surface area contributed by atoms with Gasteiger partial charge in [0.15, 0.2) is 0 Å². The van der Waals surface area contributed by atoms with Crippen molar-refractivity contribution in [1.82, 2.24) is 31.0 Å². The van der Waals surface area contributed by atoms with Crippen molar-refractivity contribution in [3.8, 4) is 5.75 Å². The summed E-state index contributed by atoms with van der Waals surface area (Å²) in [5.74, 6) is -0.415. The summed E-state index contributed by atoms with van der Waals surface area (Å²) >= 11 is 1.35. The molecule has 0 aliphatic heterocycles. The molecule has 0 aliphatic rings. The average molecular weight is 909 g/mol. The monoisotopic (exact) mass is 909 g/mol. The molecule has 8 N–H and O–H groups in total. The van der Waals surface area contributed by atoms with Crippen molar-refractivity contribution < 1.29 is 43.3 Å². The van der Waals surface area contributed by atoms with Crippen molar-refractivity contribution in [3.05, 3.63) is 45.9 Å². The number of unbranched alkanes of at least 4 members (excludes halogenated alkanes) is 2. The maximum Gasteiger partial charge on any atom is 0.426 e. The fraction of sp³-hybridized carbons (Fsp3) is 0.689. The van der Waals surface area contributed by atoms with Gasteiger partial charge in [-0.05, 0) is 82.3 Å². The summed E-state index contributed by atoms with van der Waals surface area (Å²) in [6, 6.07) is 6.09. The van der Waals surface area contributed by atoms with Gasteiger partial charge in [0.05, 0.1) is 13.2 Å². The highest BCUT2D eigenvalue weighted by atomic mass is 32.1. The van der Waals surface area contributed by atoms with Crippen molar-refractivity contribution in [2.24, 2.45) is 17.4 Å². The van der Waals surface area contributed by atoms with Crippen LogP contribution in [-0.2, 0) is 35.0 Å². The molecule has 0 saturated heterocycles. The molecule has 0 spiro atoms. The fourth-order valence-corrected chi connectivity index (χ4v) is 6.96. The maximum atomic E-state index is 13.6. The van der Waals surface area contributed by atoms with Crippen molar-refractivity contribution in [3.63, 3.8) is 0 Å². The zero-order chi connectivity index (χ0) is 47.4. The predicted octanol–water partition coefficient (Wildman–Crippen LogP) is 5.85. The molecular weight excluding hydrogens is 829 g/mol. The molecule has 3 atom stereocenters. The number of hydrogen-bond acceptors (Lipinski definition) is 13. The fourth-order valence-electron chi connectivity index (χ4n) is 6.10. The molecular formula is C45H80N8O9S. The molecule has 2 aromatic rings. The Labute approximate surface area is 380 Å². The zero-order valence-corrected chi connectivity index (χ0v) is 40.1. The van der Waals surface area contributed by atoms with Gasteiger partial charge in [0.1, 0.15) is 29.2 Å². The van der Waals surface area contributed by atoms with Crippen LogP contribution in [0.15, 0.2) is 29.6 Å². The molecule has 2 rings (SSSR count). The SMILES string of the molecule is CCCCC(=O)N(CCC)C(CC(OCCC)c1nc(C(=O)NC(CCC(=O)NNC(=O)OCCOCCN)Cc2ccc(O)cc2)cs1)C(C)C.CCCCN(C)CC.NC=O. The summed E-state index contributed by atoms with van der Waals surface area (Å²) in [6.45, 7) is 19.4. The van der Waals surface area contributed by atoms with Crippen LogP contribution in [0.2, 0.25) is 0 Å². The first-order valence-corrected chi connectivity index (χ1v) is 23.4. The summed E-state index contributed by atoms with van der Waals surface area (Å²) in [7, 11) is 2.16.